The van der Waals surface area contributed by atoms with E-state index in [4.69, 9.17) is 5.73 Å². The molecule has 0 aliphatic heterocycles. The molecule has 1 nitrogen and oxygen atoms in total. The number of nitrogens with two attached hydrogens (primary N) is 1. The average Bonchev–Trinajstić information content (AvgIpc) is 2.06. The number of hydrogen-bond donors (Lipinski definition) is 1. The summed E-state index contributed by atoms with van der Waals surface area (Å²) in [6.45, 7) is 1.60. The molecular weight excluding hydrogens is 210 g/mol. The summed E-state index contributed by atoms with van der Waals surface area (Å²) in [6, 6.07) is 2.45. The summed E-state index contributed by atoms with van der Waals surface area (Å²) in [5.41, 5.74) is 6.13. The van der Waals surface area contributed by atoms with Gasteiger partial charge in [0.15, 0.2) is 0 Å². The minimum absolute atomic E-state index is 0.201. The zero-order valence-corrected chi connectivity index (χ0v) is 8.11. The van der Waals surface area contributed by atoms with Gasteiger partial charge in [0.25, 0.3) is 0 Å². The molecule has 0 aromatic heterocycles. The van der Waals surface area contributed by atoms with Gasteiger partial charge in [-0.05, 0) is 30.2 Å². The summed E-state index contributed by atoms with van der Waals surface area (Å²) in [5.74, 6) is -0.576. The van der Waals surface area contributed by atoms with Crippen molar-refractivity contribution in [1.82, 2.24) is 0 Å². The molecule has 1 aromatic rings. The Bertz CT molecular complexity index is 346. The number of aryl methyl sites for hydroxylation is 1. The maximum absolute atomic E-state index is 12.8. The first-order chi connectivity index (χ1) is 6.79. The van der Waals surface area contributed by atoms with Gasteiger partial charge in [-0.3, -0.25) is 0 Å². The third kappa shape index (κ3) is 3.51. The lowest BCUT2D eigenvalue weighted by Gasteiger charge is -2.16. The molecule has 0 radical (unpaired) electrons. The zero-order chi connectivity index (χ0) is 11.6. The lowest BCUT2D eigenvalue weighted by atomic mass is 9.99. The molecule has 0 unspecified atom stereocenters. The van der Waals surface area contributed by atoms with Gasteiger partial charge in [-0.25, -0.2) is 4.39 Å². The SMILES string of the molecule is Cc1ccc(F)cc1[C@H](N)CC(F)(F)F. The van der Waals surface area contributed by atoms with E-state index in [-0.39, 0.29) is 5.56 Å². The maximum Gasteiger partial charge on any atom is 0.390 e. The standard InChI is InChI=1S/C10H11F4N/c1-6-2-3-7(11)4-8(6)9(15)5-10(12,13)14/h2-4,9H,5,15H2,1H3/t9-/m1/s1. The van der Waals surface area contributed by atoms with Gasteiger partial charge in [-0.1, -0.05) is 6.07 Å². The van der Waals surface area contributed by atoms with Crippen LogP contribution in [0.3, 0.4) is 0 Å². The molecule has 1 atom stereocenters. The number of benzene rings is 1. The van der Waals surface area contributed by atoms with Gasteiger partial charge in [0.05, 0.1) is 6.42 Å². The van der Waals surface area contributed by atoms with Crippen LogP contribution in [0.2, 0.25) is 0 Å². The molecule has 0 aliphatic carbocycles. The van der Waals surface area contributed by atoms with Crippen LogP contribution in [-0.4, -0.2) is 6.18 Å². The number of rotatable bonds is 2. The monoisotopic (exact) mass is 221 g/mol. The molecule has 2 N–H and O–H groups in total. The molecule has 1 aromatic carbocycles. The fourth-order valence-electron chi connectivity index (χ4n) is 1.37. The average molecular weight is 221 g/mol. The van der Waals surface area contributed by atoms with Crippen molar-refractivity contribution in [3.63, 3.8) is 0 Å². The Kier molecular flexibility index (Phi) is 3.34. The van der Waals surface area contributed by atoms with Crippen LogP contribution in [0.1, 0.15) is 23.6 Å². The highest BCUT2D eigenvalue weighted by Gasteiger charge is 2.31. The van der Waals surface area contributed by atoms with Crippen LogP contribution in [-0.2, 0) is 0 Å². The molecule has 0 saturated heterocycles. The highest BCUT2D eigenvalue weighted by atomic mass is 19.4. The van der Waals surface area contributed by atoms with Crippen LogP contribution in [0.25, 0.3) is 0 Å². The van der Waals surface area contributed by atoms with Crippen molar-refractivity contribution >= 4 is 0 Å². The topological polar surface area (TPSA) is 26.0 Å². The van der Waals surface area contributed by atoms with Gasteiger partial charge < -0.3 is 5.73 Å². The van der Waals surface area contributed by atoms with Gasteiger partial charge in [0.1, 0.15) is 5.82 Å². The molecule has 0 heterocycles. The minimum Gasteiger partial charge on any atom is -0.324 e. The maximum atomic E-state index is 12.8. The predicted molar refractivity (Wildman–Crippen MR) is 48.7 cm³/mol. The van der Waals surface area contributed by atoms with Crippen LogP contribution in [0.5, 0.6) is 0 Å². The van der Waals surface area contributed by atoms with Crippen molar-refractivity contribution in [3.8, 4) is 0 Å². The smallest absolute Gasteiger partial charge is 0.324 e. The summed E-state index contributed by atoms with van der Waals surface area (Å²) in [6.07, 6.45) is -5.48. The Morgan fingerprint density at radius 3 is 2.47 bits per heavy atom. The highest BCUT2D eigenvalue weighted by molar-refractivity contribution is 5.29. The number of hydrogen-bond acceptors (Lipinski definition) is 1. The van der Waals surface area contributed by atoms with Crippen molar-refractivity contribution < 1.29 is 17.6 Å². The third-order valence-electron chi connectivity index (χ3n) is 2.09. The van der Waals surface area contributed by atoms with Crippen LogP contribution in [0.15, 0.2) is 18.2 Å². The molecule has 0 spiro atoms. The van der Waals surface area contributed by atoms with E-state index in [9.17, 15) is 17.6 Å². The second-order valence-corrected chi connectivity index (χ2v) is 3.43. The van der Waals surface area contributed by atoms with Gasteiger partial charge >= 0.3 is 6.18 Å². The molecule has 15 heavy (non-hydrogen) atoms. The molecule has 84 valence electrons. The van der Waals surface area contributed by atoms with E-state index in [1.807, 2.05) is 0 Å². The molecule has 0 fully saturated rings. The van der Waals surface area contributed by atoms with Crippen LogP contribution in [0, 0.1) is 12.7 Å². The Morgan fingerprint density at radius 1 is 1.33 bits per heavy atom. The molecule has 1 rings (SSSR count). The summed E-state index contributed by atoms with van der Waals surface area (Å²) >= 11 is 0. The summed E-state index contributed by atoms with van der Waals surface area (Å²) in [5, 5.41) is 0. The van der Waals surface area contributed by atoms with Gasteiger partial charge in [-0.2, -0.15) is 13.2 Å². The molecule has 5 heteroatoms. The van der Waals surface area contributed by atoms with Crippen molar-refractivity contribution in [1.29, 1.82) is 0 Å². The van der Waals surface area contributed by atoms with Crippen molar-refractivity contribution in [2.75, 3.05) is 0 Å². The number of halogens is 4. The van der Waals surface area contributed by atoms with E-state index in [2.05, 4.69) is 0 Å². The van der Waals surface area contributed by atoms with E-state index in [1.54, 1.807) is 6.92 Å². The zero-order valence-electron chi connectivity index (χ0n) is 8.11. The predicted octanol–water partition coefficient (Wildman–Crippen LogP) is 3.09. The second-order valence-electron chi connectivity index (χ2n) is 3.43. The summed E-state index contributed by atoms with van der Waals surface area (Å²) in [7, 11) is 0. The Hall–Kier alpha value is -1.10. The van der Waals surface area contributed by atoms with Gasteiger partial charge in [0.2, 0.25) is 0 Å². The first-order valence-electron chi connectivity index (χ1n) is 4.38. The Balaban J connectivity index is 2.90. The molecule has 0 saturated carbocycles. The van der Waals surface area contributed by atoms with Crippen molar-refractivity contribution in [2.45, 2.75) is 25.6 Å². The van der Waals surface area contributed by atoms with E-state index < -0.39 is 24.5 Å². The first-order valence-corrected chi connectivity index (χ1v) is 4.38. The van der Waals surface area contributed by atoms with Crippen molar-refractivity contribution in [2.24, 2.45) is 5.73 Å². The minimum atomic E-state index is -4.34. The van der Waals surface area contributed by atoms with Gasteiger partial charge in [-0.15, -0.1) is 0 Å². The fraction of sp³-hybridized carbons (Fsp3) is 0.400. The van der Waals surface area contributed by atoms with Crippen molar-refractivity contribution in [3.05, 3.63) is 35.1 Å². The lowest BCUT2D eigenvalue weighted by molar-refractivity contribution is -0.138. The van der Waals surface area contributed by atoms with E-state index in [0.717, 1.165) is 6.07 Å². The Labute approximate surface area is 84.9 Å². The van der Waals surface area contributed by atoms with E-state index >= 15 is 0 Å². The normalized spacial score (nSPS) is 14.0. The first kappa shape index (κ1) is 12.0. The largest absolute Gasteiger partial charge is 0.390 e. The van der Waals surface area contributed by atoms with Crippen LogP contribution in [0.4, 0.5) is 17.6 Å². The second kappa shape index (κ2) is 4.18. The molecule has 0 amide bonds. The molecular formula is C10H11F4N. The fourth-order valence-corrected chi connectivity index (χ4v) is 1.37. The van der Waals surface area contributed by atoms with Crippen LogP contribution >= 0.6 is 0 Å². The molecule has 0 aliphatic rings. The van der Waals surface area contributed by atoms with E-state index in [1.165, 1.54) is 12.1 Å². The number of alkyl halides is 3. The van der Waals surface area contributed by atoms with E-state index in [0.29, 0.717) is 5.56 Å². The summed E-state index contributed by atoms with van der Waals surface area (Å²) < 4.78 is 49.0. The van der Waals surface area contributed by atoms with Gasteiger partial charge in [0, 0.05) is 6.04 Å². The highest BCUT2D eigenvalue weighted by Crippen LogP contribution is 2.29. The third-order valence-corrected chi connectivity index (χ3v) is 2.09. The summed E-state index contributed by atoms with van der Waals surface area (Å²) in [4.78, 5) is 0. The lowest BCUT2D eigenvalue weighted by Crippen LogP contribution is -2.21. The molecule has 0 bridgehead atoms. The quantitative estimate of drug-likeness (QED) is 0.763. The van der Waals surface area contributed by atoms with Crippen LogP contribution < -0.4 is 5.73 Å². The Morgan fingerprint density at radius 2 is 1.93 bits per heavy atom.